The lowest BCUT2D eigenvalue weighted by Crippen LogP contribution is -2.41. The quantitative estimate of drug-likeness (QED) is 0.823. The molecule has 0 bridgehead atoms. The van der Waals surface area contributed by atoms with Gasteiger partial charge in [0.2, 0.25) is 5.91 Å². The lowest BCUT2D eigenvalue weighted by molar-refractivity contribution is -0.124. The number of nitrogens with one attached hydrogen (secondary N) is 1. The zero-order valence-electron chi connectivity index (χ0n) is 13.7. The fourth-order valence-corrected chi connectivity index (χ4v) is 4.08. The van der Waals surface area contributed by atoms with Crippen molar-refractivity contribution in [1.82, 2.24) is 5.32 Å². The van der Waals surface area contributed by atoms with Gasteiger partial charge in [-0.3, -0.25) is 4.79 Å². The van der Waals surface area contributed by atoms with Crippen molar-refractivity contribution in [3.8, 4) is 0 Å². The first-order valence-electron chi connectivity index (χ1n) is 7.98. The molecule has 0 spiro atoms. The van der Waals surface area contributed by atoms with Crippen molar-refractivity contribution in [1.29, 1.82) is 0 Å². The highest BCUT2D eigenvalue weighted by Crippen LogP contribution is 2.38. The molecule has 1 saturated carbocycles. The molecule has 3 nitrogen and oxygen atoms in total. The normalized spacial score (nSPS) is 17.6. The Bertz CT molecular complexity index is 453. The summed E-state index contributed by atoms with van der Waals surface area (Å²) in [5, 5.41) is 5.22. The molecule has 2 rings (SSSR count). The summed E-state index contributed by atoms with van der Waals surface area (Å²) in [6, 6.07) is 4.20. The molecule has 1 amide bonds. The lowest BCUT2D eigenvalue weighted by Gasteiger charge is -2.36. The van der Waals surface area contributed by atoms with Crippen LogP contribution in [0.15, 0.2) is 17.5 Å². The van der Waals surface area contributed by atoms with E-state index >= 15 is 0 Å². The van der Waals surface area contributed by atoms with Crippen LogP contribution >= 0.6 is 23.7 Å². The van der Waals surface area contributed by atoms with E-state index in [0.717, 1.165) is 12.8 Å². The molecule has 1 aromatic rings. The molecule has 22 heavy (non-hydrogen) atoms. The van der Waals surface area contributed by atoms with Crippen molar-refractivity contribution < 1.29 is 4.79 Å². The smallest absolute Gasteiger partial charge is 0.220 e. The topological polar surface area (TPSA) is 55.1 Å². The van der Waals surface area contributed by atoms with Crippen LogP contribution in [0.1, 0.15) is 57.2 Å². The summed E-state index contributed by atoms with van der Waals surface area (Å²) in [5.74, 6) is 0.159. The molecule has 1 heterocycles. The molecule has 126 valence electrons. The number of nitrogens with two attached hydrogens (primary N) is 1. The molecule has 1 aliphatic rings. The number of carbonyl (C=O) groups excluding carboxylic acids is 1. The summed E-state index contributed by atoms with van der Waals surface area (Å²) in [7, 11) is 0. The second-order valence-corrected chi connectivity index (χ2v) is 8.03. The average molecular weight is 345 g/mol. The van der Waals surface area contributed by atoms with Crippen molar-refractivity contribution in [2.24, 2.45) is 11.1 Å². The predicted molar refractivity (Wildman–Crippen MR) is 96.8 cm³/mol. The van der Waals surface area contributed by atoms with Gasteiger partial charge in [0.05, 0.1) is 0 Å². The highest BCUT2D eigenvalue weighted by atomic mass is 35.5. The number of carbonyl (C=O) groups is 1. The minimum atomic E-state index is -0.00767. The van der Waals surface area contributed by atoms with Crippen molar-refractivity contribution >= 4 is 29.7 Å². The highest BCUT2D eigenvalue weighted by Gasteiger charge is 2.33. The Kier molecular flexibility index (Phi) is 7.36. The fraction of sp³-hybridized carbons (Fsp3) is 0.706. The molecule has 1 aliphatic carbocycles. The van der Waals surface area contributed by atoms with Crippen LogP contribution in [0.2, 0.25) is 0 Å². The summed E-state index contributed by atoms with van der Waals surface area (Å²) >= 11 is 1.75. The maximum Gasteiger partial charge on any atom is 0.220 e. The summed E-state index contributed by atoms with van der Waals surface area (Å²) in [6.45, 7) is 5.68. The molecular formula is C17H29ClN2OS. The van der Waals surface area contributed by atoms with Gasteiger partial charge in [-0.05, 0) is 36.2 Å². The molecule has 1 aromatic heterocycles. The summed E-state index contributed by atoms with van der Waals surface area (Å²) < 4.78 is 0. The Morgan fingerprint density at radius 2 is 2.05 bits per heavy atom. The van der Waals surface area contributed by atoms with Gasteiger partial charge in [0.25, 0.3) is 0 Å². The molecular weight excluding hydrogens is 316 g/mol. The van der Waals surface area contributed by atoms with E-state index in [0.29, 0.717) is 19.5 Å². The first-order chi connectivity index (χ1) is 9.97. The summed E-state index contributed by atoms with van der Waals surface area (Å²) in [6.07, 6.45) is 6.51. The number of rotatable bonds is 6. The zero-order valence-corrected chi connectivity index (χ0v) is 15.3. The second kappa shape index (κ2) is 8.32. The Hall–Kier alpha value is -0.580. The van der Waals surface area contributed by atoms with Crippen molar-refractivity contribution in [2.45, 2.75) is 57.8 Å². The van der Waals surface area contributed by atoms with Gasteiger partial charge in [-0.2, -0.15) is 0 Å². The molecule has 0 aromatic carbocycles. The van der Waals surface area contributed by atoms with Crippen LogP contribution in [0.5, 0.6) is 0 Å². The van der Waals surface area contributed by atoms with Crippen molar-refractivity contribution in [3.63, 3.8) is 0 Å². The van der Waals surface area contributed by atoms with Crippen LogP contribution in [0.3, 0.4) is 0 Å². The molecule has 1 fully saturated rings. The van der Waals surface area contributed by atoms with E-state index < -0.39 is 0 Å². The van der Waals surface area contributed by atoms with Gasteiger partial charge < -0.3 is 11.1 Å². The number of hydrogen-bond donors (Lipinski definition) is 2. The van der Waals surface area contributed by atoms with E-state index in [4.69, 9.17) is 5.73 Å². The highest BCUT2D eigenvalue weighted by molar-refractivity contribution is 7.10. The minimum Gasteiger partial charge on any atom is -0.355 e. The van der Waals surface area contributed by atoms with Crippen LogP contribution in [0, 0.1) is 5.41 Å². The fourth-order valence-electron chi connectivity index (χ4n) is 3.23. The predicted octanol–water partition coefficient (Wildman–Crippen LogP) is 3.86. The van der Waals surface area contributed by atoms with Gasteiger partial charge in [-0.1, -0.05) is 39.2 Å². The van der Waals surface area contributed by atoms with Crippen LogP contribution in [-0.2, 0) is 10.2 Å². The SMILES string of the molecule is CC(C)(CNC(=O)CC1(CN)CCCCC1)c1cccs1.Cl. The van der Waals surface area contributed by atoms with Crippen molar-refractivity contribution in [2.75, 3.05) is 13.1 Å². The monoisotopic (exact) mass is 344 g/mol. The maximum atomic E-state index is 12.3. The molecule has 0 aliphatic heterocycles. The molecule has 3 N–H and O–H groups in total. The molecule has 5 heteroatoms. The first-order valence-corrected chi connectivity index (χ1v) is 8.86. The molecule has 0 radical (unpaired) electrons. The van der Waals surface area contributed by atoms with Gasteiger partial charge in [0.1, 0.15) is 0 Å². The van der Waals surface area contributed by atoms with E-state index in [9.17, 15) is 4.79 Å². The van der Waals surface area contributed by atoms with Gasteiger partial charge >= 0.3 is 0 Å². The Balaban J connectivity index is 0.00000242. The molecule has 0 unspecified atom stereocenters. The summed E-state index contributed by atoms with van der Waals surface area (Å²) in [4.78, 5) is 13.6. The van der Waals surface area contributed by atoms with E-state index in [1.165, 1.54) is 24.1 Å². The van der Waals surface area contributed by atoms with E-state index in [1.54, 1.807) is 11.3 Å². The number of amides is 1. The average Bonchev–Trinajstić information content (AvgIpc) is 3.01. The van der Waals surface area contributed by atoms with Gasteiger partial charge in [-0.15, -0.1) is 23.7 Å². The van der Waals surface area contributed by atoms with Gasteiger partial charge in [-0.25, -0.2) is 0 Å². The Labute approximate surface area is 144 Å². The van der Waals surface area contributed by atoms with E-state index in [-0.39, 0.29) is 29.1 Å². The Morgan fingerprint density at radius 1 is 1.36 bits per heavy atom. The van der Waals surface area contributed by atoms with Crippen LogP contribution < -0.4 is 11.1 Å². The standard InChI is InChI=1S/C17H28N2OS.ClH/c1-16(2,14-7-6-10-21-14)13-19-15(20)11-17(12-18)8-4-3-5-9-17;/h6-7,10H,3-5,8-9,11-13,18H2,1-2H3,(H,19,20);1H. The number of thiophene rings is 1. The largest absolute Gasteiger partial charge is 0.355 e. The maximum absolute atomic E-state index is 12.3. The van der Waals surface area contributed by atoms with Crippen molar-refractivity contribution in [3.05, 3.63) is 22.4 Å². The van der Waals surface area contributed by atoms with Gasteiger partial charge in [0, 0.05) is 23.3 Å². The second-order valence-electron chi connectivity index (χ2n) is 7.08. The van der Waals surface area contributed by atoms with Gasteiger partial charge in [0.15, 0.2) is 0 Å². The molecule has 0 saturated heterocycles. The van der Waals surface area contributed by atoms with E-state index in [1.807, 2.05) is 0 Å². The zero-order chi connectivity index (χ0) is 15.3. The van der Waals surface area contributed by atoms with Crippen LogP contribution in [0.25, 0.3) is 0 Å². The minimum absolute atomic E-state index is 0. The lowest BCUT2D eigenvalue weighted by atomic mass is 9.71. The van der Waals surface area contributed by atoms with Crippen LogP contribution in [-0.4, -0.2) is 19.0 Å². The number of halogens is 1. The summed E-state index contributed by atoms with van der Waals surface area (Å²) in [5.41, 5.74) is 6.01. The third kappa shape index (κ3) is 4.97. The third-order valence-electron chi connectivity index (χ3n) is 4.80. The first kappa shape index (κ1) is 19.5. The van der Waals surface area contributed by atoms with Crippen LogP contribution in [0.4, 0.5) is 0 Å². The number of hydrogen-bond acceptors (Lipinski definition) is 3. The van der Waals surface area contributed by atoms with E-state index in [2.05, 4.69) is 36.7 Å². The Morgan fingerprint density at radius 3 is 2.59 bits per heavy atom. The molecule has 0 atom stereocenters. The third-order valence-corrected chi connectivity index (χ3v) is 6.03.